The second-order valence-corrected chi connectivity index (χ2v) is 3.78. The Bertz CT molecular complexity index is 619. The van der Waals surface area contributed by atoms with Crippen molar-refractivity contribution in [3.8, 4) is 0 Å². The maximum atomic E-state index is 11.7. The van der Waals surface area contributed by atoms with Crippen molar-refractivity contribution < 1.29 is 9.63 Å². The molecule has 1 heterocycles. The van der Waals surface area contributed by atoms with Gasteiger partial charge in [-0.15, -0.1) is 0 Å². The number of benzene rings is 1. The standard InChI is InChI=1S/C13H14N2O3/c1-2-18-14-13(17)9-15-8-7-12(16)10-5-3-4-6-11(10)15/h3-8H,2,9H2,1H3,(H,14,17). The van der Waals surface area contributed by atoms with Gasteiger partial charge in [-0.2, -0.15) is 0 Å². The van der Waals surface area contributed by atoms with Crippen LogP contribution in [-0.4, -0.2) is 17.1 Å². The lowest BCUT2D eigenvalue weighted by Crippen LogP contribution is -2.28. The topological polar surface area (TPSA) is 60.3 Å². The van der Waals surface area contributed by atoms with Crippen LogP contribution in [0.5, 0.6) is 0 Å². The quantitative estimate of drug-likeness (QED) is 0.821. The number of rotatable bonds is 4. The number of amides is 1. The Balaban J connectivity index is 2.32. The van der Waals surface area contributed by atoms with E-state index in [2.05, 4.69) is 5.48 Å². The summed E-state index contributed by atoms with van der Waals surface area (Å²) in [5, 5.41) is 0.601. The van der Waals surface area contributed by atoms with Gasteiger partial charge in [0.1, 0.15) is 6.54 Å². The Hall–Kier alpha value is -2.14. The molecule has 0 atom stereocenters. The smallest absolute Gasteiger partial charge is 0.263 e. The Morgan fingerprint density at radius 1 is 1.33 bits per heavy atom. The summed E-state index contributed by atoms with van der Waals surface area (Å²) in [6.07, 6.45) is 1.61. The van der Waals surface area contributed by atoms with Crippen LogP contribution in [0.2, 0.25) is 0 Å². The van der Waals surface area contributed by atoms with E-state index in [1.807, 2.05) is 12.1 Å². The Kier molecular flexibility index (Phi) is 3.74. The highest BCUT2D eigenvalue weighted by atomic mass is 16.6. The number of aromatic nitrogens is 1. The summed E-state index contributed by atoms with van der Waals surface area (Å²) in [6, 6.07) is 8.64. The van der Waals surface area contributed by atoms with Gasteiger partial charge in [0.25, 0.3) is 5.91 Å². The van der Waals surface area contributed by atoms with Crippen molar-refractivity contribution in [2.24, 2.45) is 0 Å². The number of nitrogens with one attached hydrogen (secondary N) is 1. The third kappa shape index (κ3) is 2.57. The average molecular weight is 246 g/mol. The molecule has 0 spiro atoms. The van der Waals surface area contributed by atoms with Crippen LogP contribution in [-0.2, 0) is 16.2 Å². The fourth-order valence-electron chi connectivity index (χ4n) is 1.74. The normalized spacial score (nSPS) is 10.5. The number of carbonyl (C=O) groups is 1. The second kappa shape index (κ2) is 5.46. The largest absolute Gasteiger partial charge is 0.338 e. The lowest BCUT2D eigenvalue weighted by Gasteiger charge is -2.10. The number of hydrogen-bond acceptors (Lipinski definition) is 3. The van der Waals surface area contributed by atoms with Crippen molar-refractivity contribution >= 4 is 16.8 Å². The first-order valence-electron chi connectivity index (χ1n) is 5.71. The van der Waals surface area contributed by atoms with Gasteiger partial charge in [0.2, 0.25) is 0 Å². The van der Waals surface area contributed by atoms with Crippen LogP contribution in [0.1, 0.15) is 6.92 Å². The molecule has 0 aliphatic rings. The molecule has 0 saturated heterocycles. The number of hydroxylamine groups is 1. The molecule has 5 nitrogen and oxygen atoms in total. The van der Waals surface area contributed by atoms with Crippen molar-refractivity contribution in [3.05, 3.63) is 46.8 Å². The van der Waals surface area contributed by atoms with Crippen molar-refractivity contribution in [3.63, 3.8) is 0 Å². The average Bonchev–Trinajstić information content (AvgIpc) is 2.40. The van der Waals surface area contributed by atoms with E-state index in [1.165, 1.54) is 6.07 Å². The van der Waals surface area contributed by atoms with E-state index in [-0.39, 0.29) is 17.9 Å². The number of fused-ring (bicyclic) bond motifs is 1. The molecule has 94 valence electrons. The molecule has 1 aromatic heterocycles. The van der Waals surface area contributed by atoms with Crippen LogP contribution in [0, 0.1) is 0 Å². The number of pyridine rings is 1. The van der Waals surface area contributed by atoms with Crippen LogP contribution in [0.15, 0.2) is 41.3 Å². The summed E-state index contributed by atoms with van der Waals surface area (Å²) in [6.45, 7) is 2.31. The zero-order valence-electron chi connectivity index (χ0n) is 10.1. The van der Waals surface area contributed by atoms with E-state index in [0.29, 0.717) is 12.0 Å². The van der Waals surface area contributed by atoms with Crippen LogP contribution in [0.3, 0.4) is 0 Å². The van der Waals surface area contributed by atoms with Crippen LogP contribution in [0.25, 0.3) is 10.9 Å². The van der Waals surface area contributed by atoms with Gasteiger partial charge in [0, 0.05) is 17.6 Å². The minimum Gasteiger partial charge on any atom is -0.338 e. The summed E-state index contributed by atoms with van der Waals surface area (Å²) in [7, 11) is 0. The highest BCUT2D eigenvalue weighted by molar-refractivity contribution is 5.81. The van der Waals surface area contributed by atoms with Gasteiger partial charge in [0.05, 0.1) is 12.1 Å². The number of hydrogen-bond donors (Lipinski definition) is 1. The molecule has 0 unspecified atom stereocenters. The monoisotopic (exact) mass is 246 g/mol. The third-order valence-electron chi connectivity index (χ3n) is 2.53. The summed E-state index contributed by atoms with van der Waals surface area (Å²) in [5.41, 5.74) is 3.01. The van der Waals surface area contributed by atoms with Gasteiger partial charge in [0.15, 0.2) is 5.43 Å². The van der Waals surface area contributed by atoms with Crippen molar-refractivity contribution in [2.75, 3.05) is 6.61 Å². The predicted octanol–water partition coefficient (Wildman–Crippen LogP) is 1.07. The molecule has 2 rings (SSSR count). The molecule has 0 aliphatic carbocycles. The minimum atomic E-state index is -0.259. The molecule has 1 N–H and O–H groups in total. The van der Waals surface area contributed by atoms with Gasteiger partial charge in [-0.3, -0.25) is 14.4 Å². The van der Waals surface area contributed by atoms with E-state index in [9.17, 15) is 9.59 Å². The van der Waals surface area contributed by atoms with E-state index >= 15 is 0 Å². The van der Waals surface area contributed by atoms with Crippen LogP contribution >= 0.6 is 0 Å². The summed E-state index contributed by atoms with van der Waals surface area (Å²) >= 11 is 0. The molecule has 1 amide bonds. The first kappa shape index (κ1) is 12.3. The van der Waals surface area contributed by atoms with Gasteiger partial charge in [-0.1, -0.05) is 12.1 Å². The Morgan fingerprint density at radius 2 is 2.11 bits per heavy atom. The predicted molar refractivity (Wildman–Crippen MR) is 68.0 cm³/mol. The Labute approximate surface area is 104 Å². The lowest BCUT2D eigenvalue weighted by molar-refractivity contribution is -0.133. The number of carbonyl (C=O) groups excluding carboxylic acids is 1. The van der Waals surface area contributed by atoms with E-state index < -0.39 is 0 Å². The molecule has 0 aliphatic heterocycles. The molecular weight excluding hydrogens is 232 g/mol. The van der Waals surface area contributed by atoms with Crippen molar-refractivity contribution in [2.45, 2.75) is 13.5 Å². The van der Waals surface area contributed by atoms with E-state index in [4.69, 9.17) is 4.84 Å². The summed E-state index contributed by atoms with van der Waals surface area (Å²) < 4.78 is 1.71. The molecule has 0 fully saturated rings. The minimum absolute atomic E-state index is 0.0490. The van der Waals surface area contributed by atoms with Gasteiger partial charge in [-0.05, 0) is 19.1 Å². The van der Waals surface area contributed by atoms with Gasteiger partial charge >= 0.3 is 0 Å². The zero-order chi connectivity index (χ0) is 13.0. The summed E-state index contributed by atoms with van der Waals surface area (Å²) in [5.74, 6) is -0.259. The maximum absolute atomic E-state index is 11.7. The van der Waals surface area contributed by atoms with E-state index in [0.717, 1.165) is 5.52 Å². The number of para-hydroxylation sites is 1. The highest BCUT2D eigenvalue weighted by Gasteiger charge is 2.06. The Morgan fingerprint density at radius 3 is 2.89 bits per heavy atom. The van der Waals surface area contributed by atoms with Crippen LogP contribution in [0.4, 0.5) is 0 Å². The lowest BCUT2D eigenvalue weighted by atomic mass is 10.2. The second-order valence-electron chi connectivity index (χ2n) is 3.78. The third-order valence-corrected chi connectivity index (χ3v) is 2.53. The zero-order valence-corrected chi connectivity index (χ0v) is 10.1. The first-order valence-corrected chi connectivity index (χ1v) is 5.71. The SMILES string of the molecule is CCONC(=O)Cn1ccc(=O)c2ccccc21. The van der Waals surface area contributed by atoms with Gasteiger partial charge < -0.3 is 4.57 Å². The van der Waals surface area contributed by atoms with Crippen LogP contribution < -0.4 is 10.9 Å². The fraction of sp³-hybridized carbons (Fsp3) is 0.231. The highest BCUT2D eigenvalue weighted by Crippen LogP contribution is 2.08. The molecule has 0 radical (unpaired) electrons. The van der Waals surface area contributed by atoms with Crippen molar-refractivity contribution in [1.82, 2.24) is 10.0 Å². The van der Waals surface area contributed by atoms with Crippen molar-refractivity contribution in [1.29, 1.82) is 0 Å². The first-order chi connectivity index (χ1) is 8.72. The molecule has 5 heteroatoms. The molecule has 1 aromatic carbocycles. The maximum Gasteiger partial charge on any atom is 0.263 e. The molecular formula is C13H14N2O3. The molecule has 2 aromatic rings. The molecule has 0 bridgehead atoms. The van der Waals surface area contributed by atoms with Gasteiger partial charge in [-0.25, -0.2) is 5.48 Å². The van der Waals surface area contributed by atoms with E-state index in [1.54, 1.807) is 29.8 Å². The fourth-order valence-corrected chi connectivity index (χ4v) is 1.74. The number of nitrogens with zero attached hydrogens (tertiary/aromatic N) is 1. The molecule has 0 saturated carbocycles. The molecule has 18 heavy (non-hydrogen) atoms. The summed E-state index contributed by atoms with van der Waals surface area (Å²) in [4.78, 5) is 28.0.